The van der Waals surface area contributed by atoms with Crippen molar-refractivity contribution in [3.63, 3.8) is 0 Å². The van der Waals surface area contributed by atoms with Crippen LogP contribution in [0.25, 0.3) is 0 Å². The molecule has 0 atom stereocenters. The molecule has 1 aromatic rings. The van der Waals surface area contributed by atoms with Crippen molar-refractivity contribution in [3.8, 4) is 0 Å². The first-order valence-corrected chi connectivity index (χ1v) is 17.4. The number of aromatic nitrogens is 3. The molecule has 0 spiro atoms. The van der Waals surface area contributed by atoms with Gasteiger partial charge in [-0.1, -0.05) is 129 Å². The fraction of sp³-hybridized carbons (Fsp3) is 0.909. The Hall–Kier alpha value is -1.67. The Morgan fingerprint density at radius 2 is 0.756 bits per heavy atom. The van der Waals surface area contributed by atoms with Gasteiger partial charge in [-0.3, -0.25) is 0 Å². The van der Waals surface area contributed by atoms with Gasteiger partial charge in [-0.15, -0.1) is 0 Å². The van der Waals surface area contributed by atoms with E-state index in [9.17, 15) is 0 Å². The van der Waals surface area contributed by atoms with Gasteiger partial charge in [-0.2, -0.15) is 15.0 Å². The van der Waals surface area contributed by atoms with Crippen LogP contribution in [0.1, 0.15) is 155 Å². The zero-order valence-corrected chi connectivity index (χ0v) is 27.0. The fourth-order valence-electron chi connectivity index (χ4n) is 4.89. The van der Waals surface area contributed by atoms with Crippen LogP contribution in [0.5, 0.6) is 0 Å². The van der Waals surface area contributed by atoms with Crippen LogP contribution in [0.15, 0.2) is 0 Å². The van der Waals surface area contributed by atoms with Crippen LogP contribution in [0, 0.1) is 0 Å². The quantitative estimate of drug-likeness (QED) is 0.0727. The Labute approximate surface area is 253 Å². The monoisotopic (exact) mass is 579 g/mol. The van der Waals surface area contributed by atoms with Gasteiger partial charge in [-0.05, 0) is 25.7 Å². The van der Waals surface area contributed by atoms with E-state index < -0.39 is 0 Å². The molecule has 0 aliphatic rings. The Bertz CT molecular complexity index is 627. The van der Waals surface area contributed by atoms with Gasteiger partial charge < -0.3 is 25.8 Å². The largest absolute Gasteiger partial charge is 0.381 e. The van der Waals surface area contributed by atoms with Crippen LogP contribution in [-0.2, 0) is 9.47 Å². The number of ether oxygens (including phenoxy) is 2. The summed E-state index contributed by atoms with van der Waals surface area (Å²) in [7, 11) is 0. The normalized spacial score (nSPS) is 11.3. The average molecular weight is 579 g/mol. The standard InChI is InChI=1S/C33H66N6O2/c1-3-5-7-9-11-13-15-17-19-21-27-40-29-23-25-35-32-37-31(34)38-33(39-32)36-26-24-30-41-28-22-20-18-16-14-12-10-8-6-4-2/h3-30H2,1-2H3,(H4,34,35,36,37,38,39). The molecule has 1 rings (SSSR count). The minimum atomic E-state index is 0.222. The molecule has 41 heavy (non-hydrogen) atoms. The summed E-state index contributed by atoms with van der Waals surface area (Å²) < 4.78 is 11.6. The van der Waals surface area contributed by atoms with Gasteiger partial charge in [-0.25, -0.2) is 0 Å². The molecule has 0 amide bonds. The summed E-state index contributed by atoms with van der Waals surface area (Å²) in [6.07, 6.45) is 28.8. The molecule has 240 valence electrons. The van der Waals surface area contributed by atoms with Crippen molar-refractivity contribution in [2.75, 3.05) is 55.9 Å². The van der Waals surface area contributed by atoms with Gasteiger partial charge in [0.15, 0.2) is 0 Å². The molecule has 8 nitrogen and oxygen atoms in total. The van der Waals surface area contributed by atoms with Crippen molar-refractivity contribution in [2.45, 2.75) is 155 Å². The number of nitrogens with one attached hydrogen (secondary N) is 2. The minimum absolute atomic E-state index is 0.222. The lowest BCUT2D eigenvalue weighted by Gasteiger charge is -2.09. The number of rotatable bonds is 32. The first-order valence-electron chi connectivity index (χ1n) is 17.4. The van der Waals surface area contributed by atoms with E-state index in [-0.39, 0.29) is 5.95 Å². The molecule has 0 aromatic carbocycles. The van der Waals surface area contributed by atoms with Crippen molar-refractivity contribution in [1.82, 2.24) is 15.0 Å². The van der Waals surface area contributed by atoms with Crippen LogP contribution in [0.2, 0.25) is 0 Å². The molecule has 8 heteroatoms. The van der Waals surface area contributed by atoms with Crippen molar-refractivity contribution in [2.24, 2.45) is 0 Å². The highest BCUT2D eigenvalue weighted by molar-refractivity contribution is 5.39. The van der Waals surface area contributed by atoms with E-state index in [0.717, 1.165) is 65.2 Å². The molecule has 0 saturated heterocycles. The Morgan fingerprint density at radius 3 is 1.12 bits per heavy atom. The molecule has 0 saturated carbocycles. The summed E-state index contributed by atoms with van der Waals surface area (Å²) >= 11 is 0. The van der Waals surface area contributed by atoms with Gasteiger partial charge in [0, 0.05) is 39.5 Å². The van der Waals surface area contributed by atoms with Crippen molar-refractivity contribution in [1.29, 1.82) is 0 Å². The third-order valence-corrected chi connectivity index (χ3v) is 7.43. The summed E-state index contributed by atoms with van der Waals surface area (Å²) in [5.74, 6) is 1.23. The van der Waals surface area contributed by atoms with Crippen LogP contribution in [0.3, 0.4) is 0 Å². The molecule has 0 unspecified atom stereocenters. The summed E-state index contributed by atoms with van der Waals surface area (Å²) in [4.78, 5) is 12.8. The zero-order valence-electron chi connectivity index (χ0n) is 27.0. The van der Waals surface area contributed by atoms with Gasteiger partial charge >= 0.3 is 0 Å². The molecule has 0 bridgehead atoms. The van der Waals surface area contributed by atoms with Gasteiger partial charge in [0.25, 0.3) is 0 Å². The molecule has 0 fully saturated rings. The van der Waals surface area contributed by atoms with Crippen molar-refractivity contribution >= 4 is 17.8 Å². The first kappa shape index (κ1) is 37.4. The number of hydrogen-bond donors (Lipinski definition) is 3. The lowest BCUT2D eigenvalue weighted by atomic mass is 10.1. The van der Waals surface area contributed by atoms with Crippen molar-refractivity contribution < 1.29 is 9.47 Å². The fourth-order valence-corrected chi connectivity index (χ4v) is 4.89. The summed E-state index contributed by atoms with van der Waals surface area (Å²) in [6, 6.07) is 0. The van der Waals surface area contributed by atoms with E-state index in [0.29, 0.717) is 11.9 Å². The maximum Gasteiger partial charge on any atom is 0.229 e. The second-order valence-electron chi connectivity index (χ2n) is 11.5. The third kappa shape index (κ3) is 25.7. The maximum absolute atomic E-state index is 5.88. The van der Waals surface area contributed by atoms with Crippen molar-refractivity contribution in [3.05, 3.63) is 0 Å². The van der Waals surface area contributed by atoms with Crippen LogP contribution in [0.4, 0.5) is 17.8 Å². The first-order chi connectivity index (χ1) is 20.3. The van der Waals surface area contributed by atoms with Gasteiger partial charge in [0.2, 0.25) is 17.8 Å². The topological polar surface area (TPSA) is 107 Å². The molecule has 0 aliphatic heterocycles. The number of anilines is 3. The SMILES string of the molecule is CCCCCCCCCCCCOCCCNc1nc(N)nc(NCCCOCCCCCCCCCCCC)n1. The Kier molecular flexibility index (Phi) is 27.2. The molecule has 1 heterocycles. The summed E-state index contributed by atoms with van der Waals surface area (Å²) in [5.41, 5.74) is 5.88. The van der Waals surface area contributed by atoms with E-state index >= 15 is 0 Å². The van der Waals surface area contributed by atoms with Gasteiger partial charge in [0.1, 0.15) is 0 Å². The highest BCUT2D eigenvalue weighted by Crippen LogP contribution is 2.12. The Morgan fingerprint density at radius 1 is 0.439 bits per heavy atom. The third-order valence-electron chi connectivity index (χ3n) is 7.43. The predicted molar refractivity (Wildman–Crippen MR) is 176 cm³/mol. The molecule has 0 radical (unpaired) electrons. The number of hydrogen-bond acceptors (Lipinski definition) is 8. The molecular weight excluding hydrogens is 512 g/mol. The van der Waals surface area contributed by atoms with Gasteiger partial charge in [0.05, 0.1) is 0 Å². The summed E-state index contributed by atoms with van der Waals surface area (Å²) in [5, 5.41) is 6.47. The van der Waals surface area contributed by atoms with E-state index in [2.05, 4.69) is 39.4 Å². The molecular formula is C33H66N6O2. The van der Waals surface area contributed by atoms with E-state index in [1.54, 1.807) is 0 Å². The number of nitrogen functional groups attached to an aromatic ring is 1. The van der Waals surface area contributed by atoms with E-state index in [4.69, 9.17) is 15.2 Å². The second kappa shape index (κ2) is 29.8. The maximum atomic E-state index is 5.88. The highest BCUT2D eigenvalue weighted by atomic mass is 16.5. The number of unbranched alkanes of at least 4 members (excludes halogenated alkanes) is 18. The highest BCUT2D eigenvalue weighted by Gasteiger charge is 2.04. The van der Waals surface area contributed by atoms with Crippen LogP contribution >= 0.6 is 0 Å². The summed E-state index contributed by atoms with van der Waals surface area (Å²) in [6.45, 7) is 9.23. The smallest absolute Gasteiger partial charge is 0.229 e. The van der Waals surface area contributed by atoms with Crippen LogP contribution < -0.4 is 16.4 Å². The lowest BCUT2D eigenvalue weighted by molar-refractivity contribution is 0.129. The molecule has 0 aliphatic carbocycles. The van der Waals surface area contributed by atoms with Crippen LogP contribution in [-0.4, -0.2) is 54.5 Å². The zero-order chi connectivity index (χ0) is 29.5. The number of nitrogens with zero attached hydrogens (tertiary/aromatic N) is 3. The number of nitrogens with two attached hydrogens (primary N) is 1. The van der Waals surface area contributed by atoms with E-state index in [1.165, 1.54) is 116 Å². The lowest BCUT2D eigenvalue weighted by Crippen LogP contribution is -2.14. The van der Waals surface area contributed by atoms with E-state index in [1.807, 2.05) is 0 Å². The minimum Gasteiger partial charge on any atom is -0.381 e. The molecule has 4 N–H and O–H groups in total. The predicted octanol–water partition coefficient (Wildman–Crippen LogP) is 8.93. The average Bonchev–Trinajstić information content (AvgIpc) is 2.97. The second-order valence-corrected chi connectivity index (χ2v) is 11.5. The Balaban J connectivity index is 1.93. The molecule has 1 aromatic heterocycles.